The van der Waals surface area contributed by atoms with Crippen LogP contribution >= 0.6 is 28.6 Å². The summed E-state index contributed by atoms with van der Waals surface area (Å²) in [7, 11) is 0. The molecule has 0 spiro atoms. The molecule has 0 fully saturated rings. The van der Waals surface area contributed by atoms with Crippen LogP contribution in [0.3, 0.4) is 0 Å². The molecule has 4 rings (SSSR count). The van der Waals surface area contributed by atoms with Crippen molar-refractivity contribution in [3.05, 3.63) is 87.1 Å². The number of rotatable bonds is 3. The molecule has 5 nitrogen and oxygen atoms in total. The third-order valence-electron chi connectivity index (χ3n) is 4.65. The summed E-state index contributed by atoms with van der Waals surface area (Å²) in [5, 5.41) is 12.5. The van der Waals surface area contributed by atoms with Crippen molar-refractivity contribution in [2.24, 2.45) is 0 Å². The zero-order chi connectivity index (χ0) is 20.5. The van der Waals surface area contributed by atoms with Gasteiger partial charge in [-0.25, -0.2) is 0 Å². The molecule has 0 saturated heterocycles. The first-order chi connectivity index (χ1) is 14.0. The molecule has 0 radical (unpaired) electrons. The number of carbonyl (C=O) groups is 1. The first-order valence-corrected chi connectivity index (χ1v) is 10.1. The van der Waals surface area contributed by atoms with Crippen molar-refractivity contribution in [2.45, 2.75) is 13.1 Å². The predicted octanol–water partition coefficient (Wildman–Crippen LogP) is 5.32. The lowest BCUT2D eigenvalue weighted by molar-refractivity contribution is -0.118. The van der Waals surface area contributed by atoms with Gasteiger partial charge in [-0.1, -0.05) is 45.8 Å². The molecule has 0 saturated carbocycles. The average molecular weight is 466 g/mol. The van der Waals surface area contributed by atoms with Crippen molar-refractivity contribution in [3.63, 3.8) is 0 Å². The van der Waals surface area contributed by atoms with Crippen molar-refractivity contribution in [1.82, 2.24) is 5.32 Å². The summed E-state index contributed by atoms with van der Waals surface area (Å²) in [5.74, 6) is 0.745. The number of carbonyl (C=O) groups excluding carboxylic acids is 1. The normalized spacial score (nSPS) is 16.6. The van der Waals surface area contributed by atoms with Crippen LogP contribution in [0.1, 0.15) is 17.5 Å². The Labute approximate surface area is 182 Å². The summed E-state index contributed by atoms with van der Waals surface area (Å²) in [6.45, 7) is 1.99. The summed E-state index contributed by atoms with van der Waals surface area (Å²) >= 11 is 7.93. The van der Waals surface area contributed by atoms with Crippen molar-refractivity contribution < 1.29 is 9.21 Å². The van der Waals surface area contributed by atoms with Gasteiger partial charge in [-0.3, -0.25) is 4.79 Å². The summed E-state index contributed by atoms with van der Waals surface area (Å²) in [6.07, 6.45) is -0.626. The predicted molar refractivity (Wildman–Crippen MR) is 118 cm³/mol. The van der Waals surface area contributed by atoms with Crippen LogP contribution in [0, 0.1) is 18.3 Å². The van der Waals surface area contributed by atoms with Gasteiger partial charge in [0.05, 0.1) is 5.03 Å². The topological polar surface area (TPSA) is 69.3 Å². The van der Waals surface area contributed by atoms with Gasteiger partial charge in [0.25, 0.3) is 5.91 Å². The van der Waals surface area contributed by atoms with Crippen LogP contribution in [0.25, 0.3) is 11.3 Å². The molecule has 0 bridgehead atoms. The van der Waals surface area contributed by atoms with Crippen LogP contribution in [-0.4, -0.2) is 5.91 Å². The largest absolute Gasteiger partial charge is 0.457 e. The maximum absolute atomic E-state index is 12.5. The van der Waals surface area contributed by atoms with Gasteiger partial charge in [0.1, 0.15) is 23.2 Å². The van der Waals surface area contributed by atoms with E-state index in [2.05, 4.69) is 33.9 Å². The number of nitriles is 1. The number of thiol groups is 1. The van der Waals surface area contributed by atoms with Crippen LogP contribution in [0.15, 0.2) is 80.2 Å². The third kappa shape index (κ3) is 3.69. The van der Waals surface area contributed by atoms with E-state index in [1.807, 2.05) is 73.7 Å². The molecule has 0 aliphatic carbocycles. The number of hydrogen-bond acceptors (Lipinski definition) is 5. The van der Waals surface area contributed by atoms with E-state index in [0.29, 0.717) is 11.5 Å². The second-order valence-corrected chi connectivity index (χ2v) is 7.94. The minimum absolute atomic E-state index is 0.0372. The van der Waals surface area contributed by atoms with Gasteiger partial charge in [0.15, 0.2) is 6.17 Å². The zero-order valence-electron chi connectivity index (χ0n) is 15.4. The molecule has 7 heteroatoms. The van der Waals surface area contributed by atoms with E-state index in [-0.39, 0.29) is 10.6 Å². The van der Waals surface area contributed by atoms with E-state index < -0.39 is 12.1 Å². The van der Waals surface area contributed by atoms with Crippen LogP contribution in [-0.2, 0) is 4.79 Å². The maximum Gasteiger partial charge on any atom is 0.266 e. The van der Waals surface area contributed by atoms with Crippen LogP contribution < -0.4 is 10.2 Å². The number of amides is 1. The molecule has 1 N–H and O–H groups in total. The van der Waals surface area contributed by atoms with Gasteiger partial charge in [0, 0.05) is 15.7 Å². The number of benzene rings is 2. The number of furan rings is 1. The fourth-order valence-corrected chi connectivity index (χ4v) is 3.80. The van der Waals surface area contributed by atoms with Gasteiger partial charge in [-0.2, -0.15) is 5.26 Å². The summed E-state index contributed by atoms with van der Waals surface area (Å²) in [5.41, 5.74) is 2.78. The summed E-state index contributed by atoms with van der Waals surface area (Å²) < 4.78 is 7.06. The maximum atomic E-state index is 12.5. The van der Waals surface area contributed by atoms with Gasteiger partial charge in [-0.15, -0.1) is 12.6 Å². The molecule has 2 aromatic carbocycles. The number of hydrogen-bond donors (Lipinski definition) is 2. The Bertz CT molecular complexity index is 1140. The number of nitrogens with one attached hydrogen (secondary N) is 1. The smallest absolute Gasteiger partial charge is 0.266 e. The molecule has 144 valence electrons. The van der Waals surface area contributed by atoms with Gasteiger partial charge >= 0.3 is 0 Å². The number of nitrogens with zero attached hydrogens (tertiary/aromatic N) is 2. The highest BCUT2D eigenvalue weighted by Gasteiger charge is 2.35. The standard InChI is InChI=1S/C22H16BrN3O2S/c1-13-2-8-16(9-3-13)26-20(25-21(27)17(12-24)22(26)29)19-11-10-18(28-19)14-4-6-15(23)7-5-14/h2-11,20,29H,1H3,(H,25,27). The van der Waals surface area contributed by atoms with Crippen molar-refractivity contribution in [2.75, 3.05) is 4.90 Å². The number of anilines is 1. The van der Waals surface area contributed by atoms with Gasteiger partial charge in [-0.05, 0) is 43.3 Å². The Morgan fingerprint density at radius 3 is 2.45 bits per heavy atom. The average Bonchev–Trinajstić information content (AvgIpc) is 3.19. The molecule has 1 aromatic heterocycles. The van der Waals surface area contributed by atoms with Crippen LogP contribution in [0.4, 0.5) is 5.69 Å². The molecule has 29 heavy (non-hydrogen) atoms. The van der Waals surface area contributed by atoms with Crippen LogP contribution in [0.2, 0.25) is 0 Å². The van der Waals surface area contributed by atoms with E-state index in [9.17, 15) is 10.1 Å². The second kappa shape index (κ2) is 7.82. The Morgan fingerprint density at radius 2 is 1.79 bits per heavy atom. The monoisotopic (exact) mass is 465 g/mol. The lowest BCUT2D eigenvalue weighted by Crippen LogP contribution is -2.45. The van der Waals surface area contributed by atoms with E-state index >= 15 is 0 Å². The van der Waals surface area contributed by atoms with E-state index in [4.69, 9.17) is 4.42 Å². The molecule has 1 aliphatic rings. The van der Waals surface area contributed by atoms with Crippen molar-refractivity contribution in [1.29, 1.82) is 5.26 Å². The van der Waals surface area contributed by atoms with Gasteiger partial charge in [0.2, 0.25) is 0 Å². The van der Waals surface area contributed by atoms with Crippen molar-refractivity contribution in [3.8, 4) is 17.4 Å². The highest BCUT2D eigenvalue weighted by atomic mass is 79.9. The van der Waals surface area contributed by atoms with Crippen molar-refractivity contribution >= 4 is 40.2 Å². The highest BCUT2D eigenvalue weighted by molar-refractivity contribution is 9.10. The third-order valence-corrected chi connectivity index (χ3v) is 5.62. The Balaban J connectivity index is 1.78. The molecule has 1 amide bonds. The SMILES string of the molecule is Cc1ccc(N2C(S)=C(C#N)C(=O)NC2c2ccc(-c3ccc(Br)cc3)o2)cc1. The first-order valence-electron chi connectivity index (χ1n) is 8.83. The lowest BCUT2D eigenvalue weighted by atomic mass is 10.1. The highest BCUT2D eigenvalue weighted by Crippen LogP contribution is 2.37. The Hall–Kier alpha value is -2.95. The number of halogens is 1. The summed E-state index contributed by atoms with van der Waals surface area (Å²) in [6, 6.07) is 21.2. The van der Waals surface area contributed by atoms with E-state index in [1.165, 1.54) is 0 Å². The molecule has 2 heterocycles. The minimum atomic E-state index is -0.626. The molecule has 1 aliphatic heterocycles. The Morgan fingerprint density at radius 1 is 1.10 bits per heavy atom. The van der Waals surface area contributed by atoms with E-state index in [1.54, 1.807) is 4.90 Å². The minimum Gasteiger partial charge on any atom is -0.457 e. The number of aryl methyl sites for hydroxylation is 1. The molecular weight excluding hydrogens is 450 g/mol. The quantitative estimate of drug-likeness (QED) is 0.513. The second-order valence-electron chi connectivity index (χ2n) is 6.60. The molecule has 1 atom stereocenters. The zero-order valence-corrected chi connectivity index (χ0v) is 17.9. The van der Waals surface area contributed by atoms with E-state index in [0.717, 1.165) is 21.3 Å². The summed E-state index contributed by atoms with van der Waals surface area (Å²) in [4.78, 5) is 14.2. The first kappa shape index (κ1) is 19.4. The van der Waals surface area contributed by atoms with Crippen LogP contribution in [0.5, 0.6) is 0 Å². The lowest BCUT2D eigenvalue weighted by Gasteiger charge is -2.36. The molecule has 1 unspecified atom stereocenters. The fourth-order valence-electron chi connectivity index (χ4n) is 3.15. The molecular formula is C22H16BrN3O2S. The van der Waals surface area contributed by atoms with Gasteiger partial charge < -0.3 is 14.6 Å². The Kier molecular flexibility index (Phi) is 5.22. The molecule has 3 aromatic rings. The fraction of sp³-hybridized carbons (Fsp3) is 0.0909.